The fraction of sp³-hybridized carbons (Fsp3) is 0.345. The maximum atomic E-state index is 13.2. The summed E-state index contributed by atoms with van der Waals surface area (Å²) in [6, 6.07) is 35.3. The van der Waals surface area contributed by atoms with Crippen molar-refractivity contribution >= 4 is 28.7 Å². The number of pyridine rings is 1. The Kier molecular flexibility index (Phi) is 15.9. The molecule has 0 saturated carbocycles. The van der Waals surface area contributed by atoms with Crippen molar-refractivity contribution in [2.45, 2.75) is 56.9 Å². The number of ether oxygens (including phenoxy) is 2. The van der Waals surface area contributed by atoms with E-state index in [9.17, 15) is 39.6 Å². The van der Waals surface area contributed by atoms with Gasteiger partial charge in [-0.1, -0.05) is 78.9 Å². The van der Waals surface area contributed by atoms with Crippen LogP contribution in [-0.2, 0) is 34.7 Å². The summed E-state index contributed by atoms with van der Waals surface area (Å²) in [5.41, 5.74) is 1.86. The second kappa shape index (κ2) is 22.6. The molecule has 2 amide bonds. The van der Waals surface area contributed by atoms with E-state index in [1.807, 2.05) is 18.2 Å². The van der Waals surface area contributed by atoms with Crippen LogP contribution in [0.5, 0.6) is 17.2 Å². The number of phenolic OH excluding ortho intramolecular Hbond substituents is 1. The number of carbonyl (C=O) groups excluding carboxylic acids is 2. The zero-order chi connectivity index (χ0) is 49.2. The van der Waals surface area contributed by atoms with E-state index in [4.69, 9.17) is 9.47 Å². The zero-order valence-electron chi connectivity index (χ0n) is 39.3. The lowest BCUT2D eigenvalue weighted by Crippen LogP contribution is -2.44. The molecule has 366 valence electrons. The number of phenols is 1. The number of rotatable bonds is 19. The van der Waals surface area contributed by atoms with Crippen molar-refractivity contribution in [1.29, 1.82) is 0 Å². The molecule has 8 rings (SSSR count). The van der Waals surface area contributed by atoms with Crippen LogP contribution in [0.15, 0.2) is 126 Å². The van der Waals surface area contributed by atoms with E-state index in [1.165, 1.54) is 24.8 Å². The molecule has 0 aliphatic carbocycles. The average Bonchev–Trinajstić information content (AvgIpc) is 3.38. The van der Waals surface area contributed by atoms with Crippen LogP contribution < -0.4 is 25.7 Å². The summed E-state index contributed by atoms with van der Waals surface area (Å²) in [5.74, 6) is -0.709. The Labute approximate surface area is 406 Å². The normalized spacial score (nSPS) is 16.1. The largest absolute Gasteiger partial charge is 0.506 e. The van der Waals surface area contributed by atoms with Gasteiger partial charge in [0.15, 0.2) is 0 Å². The number of aliphatic hydroxyl groups excluding tert-OH is 1. The van der Waals surface area contributed by atoms with Gasteiger partial charge in [0.1, 0.15) is 17.2 Å². The number of benzene rings is 5. The van der Waals surface area contributed by atoms with E-state index in [0.29, 0.717) is 85.0 Å². The van der Waals surface area contributed by atoms with E-state index < -0.39 is 23.6 Å². The van der Waals surface area contributed by atoms with Crippen LogP contribution in [0.2, 0.25) is 0 Å². The minimum Gasteiger partial charge on any atom is -0.506 e. The summed E-state index contributed by atoms with van der Waals surface area (Å²) in [7, 11) is 1.49. The Hall–Kier alpha value is -7.04. The van der Waals surface area contributed by atoms with Crippen LogP contribution in [0.4, 0.5) is 0 Å². The van der Waals surface area contributed by atoms with Crippen molar-refractivity contribution in [2.75, 3.05) is 53.0 Å². The molecule has 6 aromatic rings. The first kappa shape index (κ1) is 49.4. The van der Waals surface area contributed by atoms with Gasteiger partial charge in [0.2, 0.25) is 17.1 Å². The topological polar surface area (TPSA) is 214 Å². The van der Waals surface area contributed by atoms with Crippen molar-refractivity contribution in [1.82, 2.24) is 25.4 Å². The minimum atomic E-state index is -2.29. The number of methoxy groups -OCH3 is 1. The number of carboxylic acid groups (broad SMARTS) is 1. The number of hydrogen-bond donors (Lipinski definition) is 7. The molecular formula is C55H61N5O10. The number of aliphatic hydroxyl groups is 2. The maximum Gasteiger partial charge on any atom is 0.345 e. The molecule has 70 heavy (non-hydrogen) atoms. The number of nitrogens with one attached hydrogen (secondary N) is 3. The number of H-pyrrole nitrogens is 1. The standard InChI is InChI=1S/C55H61N5O10/c1-69-49-29-40(14-15-41(49)31-56-32-48(62)44-16-18-47(61)52-45(44)17-19-50(63)58-52)53(65)57-33-51(64)60-26-22-38(23-27-60)35-70-43-12-7-11-42(30-43)55(68,54(66)67)46-13-6-5-10-39(46)28-36-20-24-59(25-21-36)34-37-8-3-2-4-9-37/h2-19,29-30,36,38,48,56,61-62,68H,20-28,31-35H2,1H3,(H,57,65)(H,58,63)(H,66,67)/t48-,55-/m0/s1. The number of likely N-dealkylation sites (tertiary alicyclic amines) is 2. The molecule has 2 aliphatic rings. The molecule has 3 heterocycles. The highest BCUT2D eigenvalue weighted by atomic mass is 16.5. The Balaban J connectivity index is 0.789. The van der Waals surface area contributed by atoms with Crippen molar-refractivity contribution in [3.05, 3.63) is 171 Å². The third kappa shape index (κ3) is 11.7. The molecule has 15 nitrogen and oxygen atoms in total. The monoisotopic (exact) mass is 951 g/mol. The van der Waals surface area contributed by atoms with Crippen LogP contribution in [0, 0.1) is 11.8 Å². The summed E-state index contributed by atoms with van der Waals surface area (Å²) >= 11 is 0. The molecule has 7 N–H and O–H groups in total. The Morgan fingerprint density at radius 3 is 2.33 bits per heavy atom. The van der Waals surface area contributed by atoms with E-state index >= 15 is 0 Å². The second-order valence-electron chi connectivity index (χ2n) is 18.4. The quantitative estimate of drug-likeness (QED) is 0.0507. The predicted molar refractivity (Wildman–Crippen MR) is 265 cm³/mol. The van der Waals surface area contributed by atoms with Gasteiger partial charge in [-0.15, -0.1) is 0 Å². The first-order valence-electron chi connectivity index (χ1n) is 23.9. The third-order valence-electron chi connectivity index (χ3n) is 13.8. The number of aromatic hydroxyl groups is 1. The fourth-order valence-electron chi connectivity index (χ4n) is 9.73. The maximum absolute atomic E-state index is 13.2. The van der Waals surface area contributed by atoms with E-state index in [1.54, 1.807) is 71.6 Å². The molecule has 5 aromatic carbocycles. The van der Waals surface area contributed by atoms with Gasteiger partial charge in [0, 0.05) is 66.4 Å². The molecule has 2 aliphatic heterocycles. The lowest BCUT2D eigenvalue weighted by atomic mass is 9.80. The number of aromatic nitrogens is 1. The highest BCUT2D eigenvalue weighted by molar-refractivity contribution is 5.97. The summed E-state index contributed by atoms with van der Waals surface area (Å²) in [6.07, 6.45) is 3.03. The van der Waals surface area contributed by atoms with Gasteiger partial charge in [0.25, 0.3) is 5.91 Å². The van der Waals surface area contributed by atoms with Crippen LogP contribution in [0.25, 0.3) is 10.9 Å². The molecule has 0 unspecified atom stereocenters. The number of carboxylic acids is 1. The molecule has 2 saturated heterocycles. The third-order valence-corrected chi connectivity index (χ3v) is 13.8. The smallest absolute Gasteiger partial charge is 0.345 e. The van der Waals surface area contributed by atoms with Crippen molar-refractivity contribution in [3.63, 3.8) is 0 Å². The van der Waals surface area contributed by atoms with Gasteiger partial charge in [-0.2, -0.15) is 0 Å². The summed E-state index contributed by atoms with van der Waals surface area (Å²) in [5, 5.41) is 50.3. The van der Waals surface area contributed by atoms with Crippen LogP contribution in [0.3, 0.4) is 0 Å². The number of amides is 2. The molecule has 0 radical (unpaired) electrons. The van der Waals surface area contributed by atoms with Crippen molar-refractivity contribution < 1.29 is 44.3 Å². The zero-order valence-corrected chi connectivity index (χ0v) is 39.3. The Bertz CT molecular complexity index is 2840. The van der Waals surface area contributed by atoms with E-state index in [-0.39, 0.29) is 47.3 Å². The predicted octanol–water partition coefficient (Wildman–Crippen LogP) is 5.89. The minimum absolute atomic E-state index is 0.0928. The van der Waals surface area contributed by atoms with E-state index in [2.05, 4.69) is 44.8 Å². The van der Waals surface area contributed by atoms with Crippen LogP contribution in [0.1, 0.15) is 75.5 Å². The molecule has 2 fully saturated rings. The van der Waals surface area contributed by atoms with Gasteiger partial charge >= 0.3 is 5.97 Å². The Morgan fingerprint density at radius 1 is 0.829 bits per heavy atom. The molecular weight excluding hydrogens is 891 g/mol. The SMILES string of the molecule is COc1cc(C(=O)NCC(=O)N2CCC(COc3cccc([C@@](O)(C(=O)O)c4ccccc4CC4CCN(Cc5ccccc5)CC4)c3)CC2)ccc1CNC[C@H](O)c1ccc(O)c2[nH]c(=O)ccc12. The summed E-state index contributed by atoms with van der Waals surface area (Å²) in [4.78, 5) is 58.0. The molecule has 1 aromatic heterocycles. The first-order valence-corrected chi connectivity index (χ1v) is 23.9. The number of carbonyl (C=O) groups is 3. The van der Waals surface area contributed by atoms with Gasteiger partial charge in [-0.25, -0.2) is 4.79 Å². The number of nitrogens with zero attached hydrogens (tertiary/aromatic N) is 2. The summed E-state index contributed by atoms with van der Waals surface area (Å²) in [6.45, 7) is 4.41. The fourth-order valence-corrected chi connectivity index (χ4v) is 9.73. The number of hydrogen-bond acceptors (Lipinski definition) is 11. The lowest BCUT2D eigenvalue weighted by Gasteiger charge is -2.33. The molecule has 0 spiro atoms. The van der Waals surface area contributed by atoms with Crippen LogP contribution in [-0.4, -0.2) is 106 Å². The van der Waals surface area contributed by atoms with Gasteiger partial charge < -0.3 is 50.4 Å². The Morgan fingerprint density at radius 2 is 1.57 bits per heavy atom. The lowest BCUT2D eigenvalue weighted by molar-refractivity contribution is -0.155. The average molecular weight is 952 g/mol. The van der Waals surface area contributed by atoms with Crippen molar-refractivity contribution in [2.24, 2.45) is 11.8 Å². The second-order valence-corrected chi connectivity index (χ2v) is 18.4. The van der Waals surface area contributed by atoms with Crippen LogP contribution >= 0.6 is 0 Å². The van der Waals surface area contributed by atoms with E-state index in [0.717, 1.165) is 43.6 Å². The molecule has 2 atom stereocenters. The number of aromatic amines is 1. The van der Waals surface area contributed by atoms with Gasteiger partial charge in [-0.05, 0) is 110 Å². The highest BCUT2D eigenvalue weighted by Crippen LogP contribution is 2.37. The first-order chi connectivity index (χ1) is 33.9. The number of fused-ring (bicyclic) bond motifs is 1. The number of aliphatic carboxylic acids is 1. The number of piperidine rings is 2. The molecule has 15 heteroatoms. The van der Waals surface area contributed by atoms with Gasteiger partial charge in [-0.3, -0.25) is 19.3 Å². The van der Waals surface area contributed by atoms with Gasteiger partial charge in [0.05, 0.1) is 31.9 Å². The highest BCUT2D eigenvalue weighted by Gasteiger charge is 2.42. The van der Waals surface area contributed by atoms with Crippen molar-refractivity contribution in [3.8, 4) is 17.2 Å². The molecule has 0 bridgehead atoms. The summed E-state index contributed by atoms with van der Waals surface area (Å²) < 4.78 is 11.8.